The first kappa shape index (κ1) is 19.7. The van der Waals surface area contributed by atoms with Gasteiger partial charge in [-0.1, -0.05) is 47.5 Å². The normalized spacial score (nSPS) is 10.4. The summed E-state index contributed by atoms with van der Waals surface area (Å²) in [5, 5.41) is 12.6. The zero-order valence-corrected chi connectivity index (χ0v) is 16.0. The molecule has 1 amide bonds. The van der Waals surface area contributed by atoms with E-state index >= 15 is 0 Å². The third-order valence-electron chi connectivity index (χ3n) is 3.86. The van der Waals surface area contributed by atoms with E-state index in [0.717, 1.165) is 11.1 Å². The van der Waals surface area contributed by atoms with Gasteiger partial charge in [-0.05, 0) is 53.6 Å². The Hall–Kier alpha value is -3.02. The number of aromatic hydroxyl groups is 1. The van der Waals surface area contributed by atoms with E-state index in [1.165, 1.54) is 6.07 Å². The number of nitrogens with one attached hydrogen (secondary N) is 1. The highest BCUT2D eigenvalue weighted by Gasteiger charge is 2.12. The van der Waals surface area contributed by atoms with Crippen molar-refractivity contribution in [3.05, 3.63) is 82.3 Å². The van der Waals surface area contributed by atoms with E-state index in [1.54, 1.807) is 60.7 Å². The van der Waals surface area contributed by atoms with Gasteiger partial charge in [0, 0.05) is 5.02 Å². The van der Waals surface area contributed by atoms with Crippen LogP contribution in [0, 0.1) is 0 Å². The second-order valence-electron chi connectivity index (χ2n) is 5.87. The predicted molar refractivity (Wildman–Crippen MR) is 109 cm³/mol. The molecule has 3 rings (SSSR count). The molecule has 28 heavy (non-hydrogen) atoms. The molecule has 0 atom stereocenters. The molecule has 5 nitrogen and oxygen atoms in total. The van der Waals surface area contributed by atoms with Gasteiger partial charge in [-0.15, -0.1) is 0 Å². The zero-order chi connectivity index (χ0) is 20.1. The van der Waals surface area contributed by atoms with Crippen LogP contribution in [-0.4, -0.2) is 23.6 Å². The first-order valence-corrected chi connectivity index (χ1v) is 8.99. The molecule has 2 N–H and O–H groups in total. The van der Waals surface area contributed by atoms with Gasteiger partial charge < -0.3 is 15.2 Å². The minimum Gasteiger partial charge on any atom is -0.508 e. The number of carbonyl (C=O) groups excluding carboxylic acids is 2. The first-order chi connectivity index (χ1) is 13.4. The summed E-state index contributed by atoms with van der Waals surface area (Å²) in [6, 6.07) is 18.1. The Bertz CT molecular complexity index is 1000. The average molecular weight is 416 g/mol. The molecule has 0 saturated heterocycles. The smallest absolute Gasteiger partial charge is 0.338 e. The Morgan fingerprint density at radius 3 is 2.11 bits per heavy atom. The van der Waals surface area contributed by atoms with Gasteiger partial charge >= 0.3 is 5.97 Å². The fourth-order valence-electron chi connectivity index (χ4n) is 2.44. The van der Waals surface area contributed by atoms with Gasteiger partial charge in [0.2, 0.25) is 0 Å². The molecule has 0 unspecified atom stereocenters. The minimum atomic E-state index is -0.616. The summed E-state index contributed by atoms with van der Waals surface area (Å²) in [5.74, 6) is -0.949. The third kappa shape index (κ3) is 5.03. The second kappa shape index (κ2) is 8.78. The maximum absolute atomic E-state index is 12.1. The number of ether oxygens (including phenoxy) is 1. The lowest BCUT2D eigenvalue weighted by Gasteiger charge is -2.09. The maximum Gasteiger partial charge on any atom is 0.338 e. The molecule has 0 saturated carbocycles. The number of halogens is 2. The number of phenolic OH excluding ortho intramolecular Hbond substituents is 1. The Morgan fingerprint density at radius 2 is 1.50 bits per heavy atom. The van der Waals surface area contributed by atoms with Crippen molar-refractivity contribution in [3.8, 4) is 16.9 Å². The molecular formula is C21H15Cl2NO4. The molecular weight excluding hydrogens is 401 g/mol. The van der Waals surface area contributed by atoms with Crippen molar-refractivity contribution in [1.29, 1.82) is 0 Å². The fraction of sp³-hybridized carbons (Fsp3) is 0.0476. The van der Waals surface area contributed by atoms with Crippen molar-refractivity contribution >= 4 is 40.8 Å². The minimum absolute atomic E-state index is 0.183. The number of amides is 1. The molecule has 142 valence electrons. The van der Waals surface area contributed by atoms with Gasteiger partial charge in [-0.3, -0.25) is 4.79 Å². The van der Waals surface area contributed by atoms with Gasteiger partial charge in [-0.2, -0.15) is 0 Å². The van der Waals surface area contributed by atoms with Crippen LogP contribution in [0.1, 0.15) is 10.4 Å². The highest BCUT2D eigenvalue weighted by Crippen LogP contribution is 2.25. The highest BCUT2D eigenvalue weighted by molar-refractivity contribution is 6.36. The van der Waals surface area contributed by atoms with Crippen molar-refractivity contribution in [1.82, 2.24) is 0 Å². The number of hydrogen-bond donors (Lipinski definition) is 2. The summed E-state index contributed by atoms with van der Waals surface area (Å²) in [7, 11) is 0. The van der Waals surface area contributed by atoms with E-state index in [2.05, 4.69) is 5.32 Å². The van der Waals surface area contributed by atoms with Crippen molar-refractivity contribution in [3.63, 3.8) is 0 Å². The number of anilines is 1. The van der Waals surface area contributed by atoms with Crippen LogP contribution in [0.15, 0.2) is 66.7 Å². The molecule has 0 aliphatic carbocycles. The van der Waals surface area contributed by atoms with Crippen LogP contribution in [-0.2, 0) is 9.53 Å². The maximum atomic E-state index is 12.1. The van der Waals surface area contributed by atoms with Gasteiger partial charge in [0.1, 0.15) is 5.75 Å². The van der Waals surface area contributed by atoms with Gasteiger partial charge in [0.15, 0.2) is 6.61 Å². The van der Waals surface area contributed by atoms with Gasteiger partial charge in [-0.25, -0.2) is 4.79 Å². The SMILES string of the molecule is O=C(COC(=O)c1ccc(-c2ccc(O)cc2)cc1)Nc1ccc(Cl)cc1Cl. The topological polar surface area (TPSA) is 75.6 Å². The quantitative estimate of drug-likeness (QED) is 0.564. The van der Waals surface area contributed by atoms with Crippen LogP contribution >= 0.6 is 23.2 Å². The summed E-state index contributed by atoms with van der Waals surface area (Å²) in [4.78, 5) is 24.1. The predicted octanol–water partition coefficient (Wildman–Crippen LogP) is 5.16. The summed E-state index contributed by atoms with van der Waals surface area (Å²) in [6.45, 7) is -0.447. The van der Waals surface area contributed by atoms with E-state index in [-0.39, 0.29) is 10.8 Å². The van der Waals surface area contributed by atoms with E-state index in [4.69, 9.17) is 27.9 Å². The van der Waals surface area contributed by atoms with Crippen LogP contribution in [0.3, 0.4) is 0 Å². The number of carbonyl (C=O) groups is 2. The Morgan fingerprint density at radius 1 is 0.893 bits per heavy atom. The second-order valence-corrected chi connectivity index (χ2v) is 6.72. The molecule has 0 spiro atoms. The van der Waals surface area contributed by atoms with Crippen LogP contribution in [0.2, 0.25) is 10.0 Å². The van der Waals surface area contributed by atoms with Crippen LogP contribution < -0.4 is 5.32 Å². The number of rotatable bonds is 5. The number of hydrogen-bond acceptors (Lipinski definition) is 4. The first-order valence-electron chi connectivity index (χ1n) is 8.24. The van der Waals surface area contributed by atoms with Crippen molar-refractivity contribution < 1.29 is 19.4 Å². The molecule has 0 bridgehead atoms. The van der Waals surface area contributed by atoms with Crippen molar-refractivity contribution in [2.75, 3.05) is 11.9 Å². The number of phenols is 1. The van der Waals surface area contributed by atoms with E-state index in [0.29, 0.717) is 16.3 Å². The lowest BCUT2D eigenvalue weighted by Crippen LogP contribution is -2.21. The number of benzene rings is 3. The lowest BCUT2D eigenvalue weighted by molar-refractivity contribution is -0.119. The molecule has 3 aromatic carbocycles. The van der Waals surface area contributed by atoms with Crippen LogP contribution in [0.25, 0.3) is 11.1 Å². The fourth-order valence-corrected chi connectivity index (χ4v) is 2.90. The summed E-state index contributed by atoms with van der Waals surface area (Å²) in [6.07, 6.45) is 0. The Labute approximate surface area is 171 Å². The summed E-state index contributed by atoms with van der Waals surface area (Å²) >= 11 is 11.8. The Kier molecular flexibility index (Phi) is 6.19. The molecule has 7 heteroatoms. The third-order valence-corrected chi connectivity index (χ3v) is 4.41. The molecule has 0 heterocycles. The molecule has 0 aliphatic heterocycles. The van der Waals surface area contributed by atoms with Crippen LogP contribution in [0.4, 0.5) is 5.69 Å². The monoisotopic (exact) mass is 415 g/mol. The summed E-state index contributed by atoms with van der Waals surface area (Å²) in [5.41, 5.74) is 2.48. The lowest BCUT2D eigenvalue weighted by atomic mass is 10.0. The molecule has 0 aromatic heterocycles. The van der Waals surface area contributed by atoms with Crippen molar-refractivity contribution in [2.45, 2.75) is 0 Å². The molecule has 3 aromatic rings. The van der Waals surface area contributed by atoms with E-state index < -0.39 is 18.5 Å². The molecule has 0 fully saturated rings. The van der Waals surface area contributed by atoms with Gasteiger partial charge in [0.05, 0.1) is 16.3 Å². The van der Waals surface area contributed by atoms with Gasteiger partial charge in [0.25, 0.3) is 5.91 Å². The molecule has 0 radical (unpaired) electrons. The average Bonchev–Trinajstić information content (AvgIpc) is 2.69. The molecule has 0 aliphatic rings. The number of esters is 1. The Balaban J connectivity index is 1.57. The van der Waals surface area contributed by atoms with E-state index in [9.17, 15) is 14.7 Å². The zero-order valence-electron chi connectivity index (χ0n) is 14.5. The largest absolute Gasteiger partial charge is 0.508 e. The standard InChI is InChI=1S/C21H15Cl2NO4/c22-16-7-10-19(18(23)11-16)24-20(26)12-28-21(27)15-3-1-13(2-4-15)14-5-8-17(25)9-6-14/h1-11,25H,12H2,(H,24,26). The highest BCUT2D eigenvalue weighted by atomic mass is 35.5. The van der Waals surface area contributed by atoms with E-state index in [1.807, 2.05) is 0 Å². The summed E-state index contributed by atoms with van der Waals surface area (Å²) < 4.78 is 5.03. The van der Waals surface area contributed by atoms with Crippen molar-refractivity contribution in [2.24, 2.45) is 0 Å². The van der Waals surface area contributed by atoms with Crippen LogP contribution in [0.5, 0.6) is 5.75 Å².